The molecule has 3 rings (SSSR count). The van der Waals surface area contributed by atoms with Crippen LogP contribution in [0.25, 0.3) is 0 Å². The molecule has 0 fully saturated rings. The third-order valence-electron chi connectivity index (χ3n) is 4.58. The number of benzene rings is 1. The monoisotopic (exact) mass is 383 g/mol. The van der Waals surface area contributed by atoms with Crippen LogP contribution in [0, 0.1) is 13.8 Å². The van der Waals surface area contributed by atoms with Crippen LogP contribution in [0.2, 0.25) is 0 Å². The summed E-state index contributed by atoms with van der Waals surface area (Å²) in [6.45, 7) is 5.12. The molecule has 6 heteroatoms. The molecule has 5 nitrogen and oxygen atoms in total. The Balaban J connectivity index is 1.43. The average molecular weight is 384 g/mol. The second kappa shape index (κ2) is 8.86. The number of ether oxygens (including phenoxy) is 1. The summed E-state index contributed by atoms with van der Waals surface area (Å²) in [4.78, 5) is 13.3. The normalized spacial score (nSPS) is 10.8. The van der Waals surface area contributed by atoms with Crippen LogP contribution in [0.1, 0.15) is 33.8 Å². The Morgan fingerprint density at radius 3 is 2.74 bits per heavy atom. The van der Waals surface area contributed by atoms with Crippen molar-refractivity contribution in [3.05, 3.63) is 69.2 Å². The number of rotatable bonds is 8. The van der Waals surface area contributed by atoms with Crippen LogP contribution in [0.5, 0.6) is 5.75 Å². The Bertz CT molecular complexity index is 900. The van der Waals surface area contributed by atoms with Crippen molar-refractivity contribution in [2.45, 2.75) is 39.8 Å². The standard InChI is InChI=1S/C21H25N3O2S/c1-15-20(16(2)24(3)23-15)9-10-21(25)22-12-19-11-17(14-27-19)13-26-18-7-5-4-6-8-18/h4-8,11,14H,9-10,12-13H2,1-3H3,(H,22,25). The summed E-state index contributed by atoms with van der Waals surface area (Å²) in [7, 11) is 1.93. The van der Waals surface area contributed by atoms with Crippen molar-refractivity contribution in [3.8, 4) is 5.75 Å². The topological polar surface area (TPSA) is 56.2 Å². The van der Waals surface area contributed by atoms with Gasteiger partial charge in [-0.1, -0.05) is 18.2 Å². The Kier molecular flexibility index (Phi) is 6.29. The molecule has 0 saturated carbocycles. The molecule has 0 bridgehead atoms. The van der Waals surface area contributed by atoms with Gasteiger partial charge in [0.1, 0.15) is 12.4 Å². The van der Waals surface area contributed by atoms with Crippen molar-refractivity contribution in [1.29, 1.82) is 0 Å². The zero-order valence-electron chi connectivity index (χ0n) is 16.0. The number of hydrogen-bond acceptors (Lipinski definition) is 4. The lowest BCUT2D eigenvalue weighted by Crippen LogP contribution is -2.22. The van der Waals surface area contributed by atoms with E-state index in [1.165, 1.54) is 5.56 Å². The Morgan fingerprint density at radius 1 is 1.26 bits per heavy atom. The fourth-order valence-electron chi connectivity index (χ4n) is 2.97. The summed E-state index contributed by atoms with van der Waals surface area (Å²) in [5.74, 6) is 0.924. The van der Waals surface area contributed by atoms with Gasteiger partial charge in [-0.15, -0.1) is 11.3 Å². The van der Waals surface area contributed by atoms with Gasteiger partial charge in [-0.2, -0.15) is 5.10 Å². The first-order chi connectivity index (χ1) is 13.0. The highest BCUT2D eigenvalue weighted by atomic mass is 32.1. The van der Waals surface area contributed by atoms with Crippen molar-refractivity contribution in [3.63, 3.8) is 0 Å². The molecular weight excluding hydrogens is 358 g/mol. The number of thiophene rings is 1. The molecule has 2 heterocycles. The molecule has 27 heavy (non-hydrogen) atoms. The summed E-state index contributed by atoms with van der Waals surface area (Å²) in [5, 5.41) is 9.48. The predicted molar refractivity (Wildman–Crippen MR) is 108 cm³/mol. The average Bonchev–Trinajstić information content (AvgIpc) is 3.22. The van der Waals surface area contributed by atoms with Crippen LogP contribution in [0.15, 0.2) is 41.8 Å². The van der Waals surface area contributed by atoms with Gasteiger partial charge in [0.25, 0.3) is 0 Å². The van der Waals surface area contributed by atoms with Crippen molar-refractivity contribution >= 4 is 17.2 Å². The van der Waals surface area contributed by atoms with E-state index in [0.29, 0.717) is 19.6 Å². The first-order valence-electron chi connectivity index (χ1n) is 9.03. The van der Waals surface area contributed by atoms with E-state index in [4.69, 9.17) is 4.74 Å². The molecule has 0 radical (unpaired) electrons. The second-order valence-electron chi connectivity index (χ2n) is 6.57. The van der Waals surface area contributed by atoms with Gasteiger partial charge >= 0.3 is 0 Å². The summed E-state index contributed by atoms with van der Waals surface area (Å²) in [6, 6.07) is 11.9. The Labute approximate surface area is 164 Å². The molecule has 0 atom stereocenters. The van der Waals surface area contributed by atoms with Gasteiger partial charge in [0.15, 0.2) is 0 Å². The van der Waals surface area contributed by atoms with Gasteiger partial charge in [0, 0.05) is 29.6 Å². The highest BCUT2D eigenvalue weighted by molar-refractivity contribution is 7.10. The molecule has 0 aliphatic carbocycles. The number of nitrogens with zero attached hydrogens (tertiary/aromatic N) is 2. The van der Waals surface area contributed by atoms with Crippen LogP contribution >= 0.6 is 11.3 Å². The molecular formula is C21H25N3O2S. The van der Waals surface area contributed by atoms with Crippen LogP contribution in [-0.4, -0.2) is 15.7 Å². The third-order valence-corrected chi connectivity index (χ3v) is 5.56. The minimum absolute atomic E-state index is 0.0631. The molecule has 1 N–H and O–H groups in total. The molecule has 0 aliphatic rings. The quantitative estimate of drug-likeness (QED) is 0.641. The number of carbonyl (C=O) groups is 1. The number of para-hydroxylation sites is 1. The second-order valence-corrected chi connectivity index (χ2v) is 7.57. The van der Waals surface area contributed by atoms with E-state index in [0.717, 1.165) is 34.0 Å². The van der Waals surface area contributed by atoms with Crippen molar-refractivity contribution in [2.75, 3.05) is 0 Å². The highest BCUT2D eigenvalue weighted by Crippen LogP contribution is 2.18. The Morgan fingerprint density at radius 2 is 2.04 bits per heavy atom. The van der Waals surface area contributed by atoms with E-state index in [1.54, 1.807) is 11.3 Å². The van der Waals surface area contributed by atoms with Gasteiger partial charge in [-0.25, -0.2) is 0 Å². The molecule has 0 saturated heterocycles. The molecule has 142 valence electrons. The van der Waals surface area contributed by atoms with Crippen LogP contribution < -0.4 is 10.1 Å². The maximum atomic E-state index is 12.2. The molecule has 1 aromatic carbocycles. The fraction of sp³-hybridized carbons (Fsp3) is 0.333. The fourth-order valence-corrected chi connectivity index (χ4v) is 3.78. The number of amides is 1. The zero-order valence-corrected chi connectivity index (χ0v) is 16.8. The van der Waals surface area contributed by atoms with Crippen LogP contribution in [-0.2, 0) is 31.4 Å². The minimum Gasteiger partial charge on any atom is -0.489 e. The first-order valence-corrected chi connectivity index (χ1v) is 9.91. The van der Waals surface area contributed by atoms with E-state index >= 15 is 0 Å². The van der Waals surface area contributed by atoms with E-state index < -0.39 is 0 Å². The first kappa shape index (κ1) is 19.2. The number of aryl methyl sites for hydroxylation is 2. The number of hydrogen-bond donors (Lipinski definition) is 1. The third kappa shape index (κ3) is 5.20. The van der Waals surface area contributed by atoms with Crippen molar-refractivity contribution in [1.82, 2.24) is 15.1 Å². The molecule has 0 aliphatic heterocycles. The van der Waals surface area contributed by atoms with Crippen molar-refractivity contribution < 1.29 is 9.53 Å². The molecule has 1 amide bonds. The maximum Gasteiger partial charge on any atom is 0.220 e. The van der Waals surface area contributed by atoms with E-state index in [2.05, 4.69) is 21.9 Å². The van der Waals surface area contributed by atoms with Gasteiger partial charge in [0.2, 0.25) is 5.91 Å². The number of aromatic nitrogens is 2. The number of carbonyl (C=O) groups excluding carboxylic acids is 1. The summed E-state index contributed by atoms with van der Waals surface area (Å²) in [5.41, 5.74) is 4.42. The largest absolute Gasteiger partial charge is 0.489 e. The van der Waals surface area contributed by atoms with Crippen LogP contribution in [0.4, 0.5) is 0 Å². The Hall–Kier alpha value is -2.60. The maximum absolute atomic E-state index is 12.2. The van der Waals surface area contributed by atoms with E-state index in [-0.39, 0.29) is 5.91 Å². The number of nitrogens with one attached hydrogen (secondary N) is 1. The van der Waals surface area contributed by atoms with E-state index in [1.807, 2.05) is 55.9 Å². The lowest BCUT2D eigenvalue weighted by Gasteiger charge is -2.05. The van der Waals surface area contributed by atoms with E-state index in [9.17, 15) is 4.79 Å². The smallest absolute Gasteiger partial charge is 0.220 e. The van der Waals surface area contributed by atoms with Gasteiger partial charge in [-0.05, 0) is 49.4 Å². The summed E-state index contributed by atoms with van der Waals surface area (Å²) in [6.07, 6.45) is 1.20. The van der Waals surface area contributed by atoms with Gasteiger partial charge in [-0.3, -0.25) is 9.48 Å². The summed E-state index contributed by atoms with van der Waals surface area (Å²) < 4.78 is 7.62. The SMILES string of the molecule is Cc1nn(C)c(C)c1CCC(=O)NCc1cc(COc2ccccc2)cs1. The van der Waals surface area contributed by atoms with Gasteiger partial charge in [0.05, 0.1) is 12.2 Å². The molecule has 0 spiro atoms. The predicted octanol–water partition coefficient (Wildman–Crippen LogP) is 3.93. The lowest BCUT2D eigenvalue weighted by atomic mass is 10.1. The zero-order chi connectivity index (χ0) is 19.2. The molecule has 0 unspecified atom stereocenters. The summed E-state index contributed by atoms with van der Waals surface area (Å²) >= 11 is 1.64. The van der Waals surface area contributed by atoms with Crippen molar-refractivity contribution in [2.24, 2.45) is 7.05 Å². The lowest BCUT2D eigenvalue weighted by molar-refractivity contribution is -0.121. The minimum atomic E-state index is 0.0631. The highest BCUT2D eigenvalue weighted by Gasteiger charge is 2.11. The van der Waals surface area contributed by atoms with Gasteiger partial charge < -0.3 is 10.1 Å². The van der Waals surface area contributed by atoms with Crippen LogP contribution in [0.3, 0.4) is 0 Å². The molecule has 2 aromatic heterocycles. The molecule has 3 aromatic rings.